The normalized spacial score (nSPS) is 11.7. The number of aryl methyl sites for hydroxylation is 1. The number of amides is 1. The summed E-state index contributed by atoms with van der Waals surface area (Å²) in [5.74, 6) is 0.467. The number of halogens is 3. The highest BCUT2D eigenvalue weighted by atomic mass is 32.2. The van der Waals surface area contributed by atoms with Gasteiger partial charge < -0.3 is 10.0 Å². The number of carbonyl (C=O) groups excluding carboxylic acids is 1. The molecular formula is C12H17F3N2O2S2. The zero-order chi connectivity index (χ0) is 15.9. The minimum Gasteiger partial charge on any atom is -0.395 e. The summed E-state index contributed by atoms with van der Waals surface area (Å²) in [5, 5.41) is 11.6. The fourth-order valence-electron chi connectivity index (χ4n) is 1.60. The minimum absolute atomic E-state index is 0.0177. The van der Waals surface area contributed by atoms with Crippen molar-refractivity contribution < 1.29 is 23.1 Å². The van der Waals surface area contributed by atoms with Gasteiger partial charge in [0.2, 0.25) is 5.91 Å². The molecule has 0 unspecified atom stereocenters. The molecule has 1 amide bonds. The smallest absolute Gasteiger partial charge is 0.395 e. The summed E-state index contributed by atoms with van der Waals surface area (Å²) in [6.45, 7) is -0.198. The van der Waals surface area contributed by atoms with E-state index in [4.69, 9.17) is 5.11 Å². The van der Waals surface area contributed by atoms with Gasteiger partial charge in [-0.3, -0.25) is 4.79 Å². The Morgan fingerprint density at radius 3 is 2.76 bits per heavy atom. The van der Waals surface area contributed by atoms with Crippen LogP contribution in [0.15, 0.2) is 5.38 Å². The van der Waals surface area contributed by atoms with Crippen LogP contribution < -0.4 is 0 Å². The van der Waals surface area contributed by atoms with Crippen molar-refractivity contribution in [3.05, 3.63) is 16.1 Å². The van der Waals surface area contributed by atoms with Gasteiger partial charge >= 0.3 is 6.18 Å². The SMILES string of the molecule is Cc1nc(CSCCC(=O)N(CCO)CC(F)(F)F)cs1. The van der Waals surface area contributed by atoms with Crippen molar-refractivity contribution in [2.75, 3.05) is 25.4 Å². The standard InChI is InChI=1S/C12H17F3N2O2S2/c1-9-16-10(7-21-9)6-20-5-2-11(19)17(3-4-18)8-12(13,14)15/h7,18H,2-6,8H2,1H3. The molecule has 0 aliphatic heterocycles. The lowest BCUT2D eigenvalue weighted by Gasteiger charge is -2.23. The third-order valence-electron chi connectivity index (χ3n) is 2.47. The van der Waals surface area contributed by atoms with Crippen molar-refractivity contribution in [3.63, 3.8) is 0 Å². The van der Waals surface area contributed by atoms with Gasteiger partial charge in [-0.05, 0) is 6.92 Å². The molecule has 1 aromatic rings. The molecule has 120 valence electrons. The molecule has 0 aliphatic carbocycles. The molecule has 1 rings (SSSR count). The van der Waals surface area contributed by atoms with Crippen LogP contribution in [-0.4, -0.2) is 52.5 Å². The minimum atomic E-state index is -4.45. The Kier molecular flexibility index (Phi) is 7.47. The van der Waals surface area contributed by atoms with E-state index < -0.39 is 25.2 Å². The molecule has 0 atom stereocenters. The van der Waals surface area contributed by atoms with Crippen molar-refractivity contribution in [2.24, 2.45) is 0 Å². The number of aliphatic hydroxyl groups is 1. The molecule has 0 spiro atoms. The second-order valence-corrected chi connectivity index (χ2v) is 6.48. The first-order chi connectivity index (χ1) is 9.81. The summed E-state index contributed by atoms with van der Waals surface area (Å²) in [5.41, 5.74) is 0.914. The van der Waals surface area contributed by atoms with Gasteiger partial charge in [-0.1, -0.05) is 0 Å². The highest BCUT2D eigenvalue weighted by Crippen LogP contribution is 2.19. The number of rotatable bonds is 8. The zero-order valence-corrected chi connectivity index (χ0v) is 13.2. The maximum atomic E-state index is 12.3. The molecule has 0 aromatic carbocycles. The van der Waals surface area contributed by atoms with E-state index in [1.54, 1.807) is 0 Å². The fraction of sp³-hybridized carbons (Fsp3) is 0.667. The van der Waals surface area contributed by atoms with Crippen LogP contribution in [0.4, 0.5) is 13.2 Å². The average molecular weight is 342 g/mol. The zero-order valence-electron chi connectivity index (χ0n) is 11.5. The summed E-state index contributed by atoms with van der Waals surface area (Å²) in [7, 11) is 0. The van der Waals surface area contributed by atoms with E-state index in [-0.39, 0.29) is 13.0 Å². The van der Waals surface area contributed by atoms with Crippen molar-refractivity contribution >= 4 is 29.0 Å². The van der Waals surface area contributed by atoms with E-state index in [0.29, 0.717) is 16.4 Å². The van der Waals surface area contributed by atoms with Crippen molar-refractivity contribution in [3.8, 4) is 0 Å². The van der Waals surface area contributed by atoms with Crippen molar-refractivity contribution in [1.29, 1.82) is 0 Å². The summed E-state index contributed by atoms with van der Waals surface area (Å²) in [4.78, 5) is 16.6. The summed E-state index contributed by atoms with van der Waals surface area (Å²) >= 11 is 2.99. The lowest BCUT2D eigenvalue weighted by Crippen LogP contribution is -2.40. The van der Waals surface area contributed by atoms with Crippen LogP contribution in [0.5, 0.6) is 0 Å². The van der Waals surface area contributed by atoms with Crippen molar-refractivity contribution in [1.82, 2.24) is 9.88 Å². The molecule has 0 aliphatic rings. The van der Waals surface area contributed by atoms with E-state index in [1.807, 2.05) is 12.3 Å². The highest BCUT2D eigenvalue weighted by molar-refractivity contribution is 7.98. The van der Waals surface area contributed by atoms with Crippen LogP contribution in [0.25, 0.3) is 0 Å². The number of hydrogen-bond acceptors (Lipinski definition) is 5. The second-order valence-electron chi connectivity index (χ2n) is 4.31. The highest BCUT2D eigenvalue weighted by Gasteiger charge is 2.32. The molecule has 0 saturated carbocycles. The van der Waals surface area contributed by atoms with Gasteiger partial charge in [0, 0.05) is 29.9 Å². The predicted octanol–water partition coefficient (Wildman–Crippen LogP) is 2.46. The summed E-state index contributed by atoms with van der Waals surface area (Å²) in [6.07, 6.45) is -4.43. The Morgan fingerprint density at radius 1 is 1.52 bits per heavy atom. The second kappa shape index (κ2) is 8.60. The largest absolute Gasteiger partial charge is 0.406 e. The fourth-order valence-corrected chi connectivity index (χ4v) is 3.14. The molecule has 0 saturated heterocycles. The monoisotopic (exact) mass is 342 g/mol. The topological polar surface area (TPSA) is 53.4 Å². The molecule has 0 fully saturated rings. The van der Waals surface area contributed by atoms with E-state index in [2.05, 4.69) is 4.98 Å². The molecule has 1 heterocycles. The van der Waals surface area contributed by atoms with Gasteiger partial charge in [0.15, 0.2) is 0 Å². The molecule has 0 radical (unpaired) electrons. The first-order valence-corrected chi connectivity index (χ1v) is 8.29. The van der Waals surface area contributed by atoms with E-state index in [9.17, 15) is 18.0 Å². The van der Waals surface area contributed by atoms with Crippen LogP contribution in [0.1, 0.15) is 17.1 Å². The first-order valence-electron chi connectivity index (χ1n) is 6.26. The van der Waals surface area contributed by atoms with Crippen LogP contribution in [0.3, 0.4) is 0 Å². The molecular weight excluding hydrogens is 325 g/mol. The van der Waals surface area contributed by atoms with Crippen LogP contribution in [0, 0.1) is 6.92 Å². The predicted molar refractivity (Wildman–Crippen MR) is 77.4 cm³/mol. The van der Waals surface area contributed by atoms with Gasteiger partial charge in [-0.15, -0.1) is 11.3 Å². The van der Waals surface area contributed by atoms with Gasteiger partial charge in [0.25, 0.3) is 0 Å². The number of thiazole rings is 1. The average Bonchev–Trinajstić information content (AvgIpc) is 2.78. The lowest BCUT2D eigenvalue weighted by molar-refractivity contribution is -0.161. The number of hydrogen-bond donors (Lipinski definition) is 1. The van der Waals surface area contributed by atoms with E-state index >= 15 is 0 Å². The van der Waals surface area contributed by atoms with E-state index in [0.717, 1.165) is 10.7 Å². The van der Waals surface area contributed by atoms with Gasteiger partial charge in [-0.25, -0.2) is 4.98 Å². The first kappa shape index (κ1) is 18.2. The molecule has 0 bridgehead atoms. The van der Waals surface area contributed by atoms with Crippen LogP contribution in [-0.2, 0) is 10.5 Å². The Balaban J connectivity index is 2.32. The quantitative estimate of drug-likeness (QED) is 0.738. The van der Waals surface area contributed by atoms with Crippen molar-refractivity contribution in [2.45, 2.75) is 25.3 Å². The Labute approximate surface area is 129 Å². The lowest BCUT2D eigenvalue weighted by atomic mass is 10.3. The molecule has 9 heteroatoms. The van der Waals surface area contributed by atoms with E-state index in [1.165, 1.54) is 23.1 Å². The summed E-state index contributed by atoms with van der Waals surface area (Å²) in [6, 6.07) is 0. The number of aromatic nitrogens is 1. The number of nitrogens with zero attached hydrogens (tertiary/aromatic N) is 2. The molecule has 21 heavy (non-hydrogen) atoms. The third-order valence-corrected chi connectivity index (χ3v) is 4.28. The number of carbonyl (C=O) groups is 1. The molecule has 1 N–H and O–H groups in total. The van der Waals surface area contributed by atoms with Crippen LogP contribution >= 0.6 is 23.1 Å². The maximum Gasteiger partial charge on any atom is 0.406 e. The number of thioether (sulfide) groups is 1. The number of alkyl halides is 3. The molecule has 4 nitrogen and oxygen atoms in total. The van der Waals surface area contributed by atoms with Gasteiger partial charge in [0.05, 0.1) is 17.3 Å². The number of aliphatic hydroxyl groups excluding tert-OH is 1. The maximum absolute atomic E-state index is 12.3. The Hall–Kier alpha value is -0.800. The van der Waals surface area contributed by atoms with Crippen LogP contribution in [0.2, 0.25) is 0 Å². The Bertz CT molecular complexity index is 452. The summed E-state index contributed by atoms with van der Waals surface area (Å²) < 4.78 is 36.9. The van der Waals surface area contributed by atoms with Gasteiger partial charge in [-0.2, -0.15) is 24.9 Å². The Morgan fingerprint density at radius 2 is 2.24 bits per heavy atom. The molecule has 1 aromatic heterocycles. The third kappa shape index (κ3) is 7.68. The van der Waals surface area contributed by atoms with Gasteiger partial charge in [0.1, 0.15) is 6.54 Å².